The van der Waals surface area contributed by atoms with Crippen molar-refractivity contribution >= 4 is 11.8 Å². The molecule has 1 saturated carbocycles. The van der Waals surface area contributed by atoms with Crippen molar-refractivity contribution in [2.24, 2.45) is 11.8 Å². The third-order valence-corrected chi connectivity index (χ3v) is 6.15. The van der Waals surface area contributed by atoms with Crippen LogP contribution in [0.3, 0.4) is 0 Å². The molecule has 1 fully saturated rings. The summed E-state index contributed by atoms with van der Waals surface area (Å²) in [6.45, 7) is 6.08. The number of nitrogens with one attached hydrogen (secondary N) is 2. The topological polar surface area (TPSA) is 94.9 Å². The lowest BCUT2D eigenvalue weighted by molar-refractivity contribution is -0.127. The van der Waals surface area contributed by atoms with Gasteiger partial charge in [0.05, 0.1) is 12.0 Å². The van der Waals surface area contributed by atoms with Gasteiger partial charge in [0, 0.05) is 24.0 Å². The highest BCUT2D eigenvalue weighted by Gasteiger charge is 2.33. The average Bonchev–Trinajstić information content (AvgIpc) is 2.79. The van der Waals surface area contributed by atoms with Crippen LogP contribution < -0.4 is 10.6 Å². The minimum atomic E-state index is -0.494. The summed E-state index contributed by atoms with van der Waals surface area (Å²) in [4.78, 5) is 30.0. The van der Waals surface area contributed by atoms with Crippen LogP contribution in [0.25, 0.3) is 0 Å². The molecule has 3 atom stereocenters. The zero-order chi connectivity index (χ0) is 23.8. The Morgan fingerprint density at radius 2 is 1.85 bits per heavy atom. The van der Waals surface area contributed by atoms with Crippen molar-refractivity contribution < 1.29 is 9.59 Å². The van der Waals surface area contributed by atoms with Gasteiger partial charge in [-0.2, -0.15) is 5.26 Å². The molecule has 6 nitrogen and oxygen atoms in total. The number of carbonyl (C=O) groups is 2. The smallest absolute Gasteiger partial charge is 0.251 e. The van der Waals surface area contributed by atoms with E-state index in [0.29, 0.717) is 17.9 Å². The molecule has 3 rings (SSSR count). The predicted octanol–water partition coefficient (Wildman–Crippen LogP) is 4.32. The van der Waals surface area contributed by atoms with E-state index in [9.17, 15) is 14.9 Å². The normalized spacial score (nSPS) is 18.9. The van der Waals surface area contributed by atoms with Gasteiger partial charge in [-0.1, -0.05) is 44.9 Å². The van der Waals surface area contributed by atoms with E-state index in [1.165, 1.54) is 0 Å². The van der Waals surface area contributed by atoms with Crippen molar-refractivity contribution in [3.63, 3.8) is 0 Å². The van der Waals surface area contributed by atoms with E-state index in [4.69, 9.17) is 0 Å². The molecule has 1 aliphatic carbocycles. The molecule has 2 N–H and O–H groups in total. The molecule has 174 valence electrons. The summed E-state index contributed by atoms with van der Waals surface area (Å²) in [5.41, 5.74) is 3.96. The molecule has 2 amide bonds. The van der Waals surface area contributed by atoms with Gasteiger partial charge in [0.2, 0.25) is 5.91 Å². The van der Waals surface area contributed by atoms with Crippen molar-refractivity contribution in [3.05, 3.63) is 65.0 Å². The minimum Gasteiger partial charge on any atom is -0.349 e. The largest absolute Gasteiger partial charge is 0.349 e. The Balaban J connectivity index is 1.61. The molecule has 0 spiro atoms. The number of amides is 2. The van der Waals surface area contributed by atoms with Gasteiger partial charge in [0.15, 0.2) is 0 Å². The molecule has 0 saturated heterocycles. The molecular formula is C27H34N4O2. The van der Waals surface area contributed by atoms with E-state index in [1.54, 1.807) is 0 Å². The fraction of sp³-hybridized carbons (Fsp3) is 0.481. The second-order valence-corrected chi connectivity index (χ2v) is 9.53. The molecule has 1 heterocycles. The quantitative estimate of drug-likeness (QED) is 0.631. The predicted molar refractivity (Wildman–Crippen MR) is 128 cm³/mol. The number of carbonyl (C=O) groups excluding carboxylic acids is 2. The molecule has 1 aliphatic rings. The van der Waals surface area contributed by atoms with E-state index in [1.807, 2.05) is 57.4 Å². The Morgan fingerprint density at radius 3 is 2.52 bits per heavy atom. The number of benzene rings is 1. The lowest BCUT2D eigenvalue weighted by atomic mass is 9.83. The molecule has 0 aliphatic heterocycles. The zero-order valence-corrected chi connectivity index (χ0v) is 19.8. The SMILES string of the molecule is Cc1cncc(Cc2ccc(C(=O)N[C@H]3CCCC[C@H]3C(=O)N[C@H](C#N)CC(C)C)cc2)c1. The van der Waals surface area contributed by atoms with Gasteiger partial charge in [-0.3, -0.25) is 14.6 Å². The molecule has 6 heteroatoms. The Hall–Kier alpha value is -3.20. The Labute approximate surface area is 196 Å². The molecule has 33 heavy (non-hydrogen) atoms. The van der Waals surface area contributed by atoms with E-state index in [0.717, 1.165) is 48.8 Å². The molecule has 1 aromatic carbocycles. The second-order valence-electron chi connectivity index (χ2n) is 9.53. The van der Waals surface area contributed by atoms with E-state index in [2.05, 4.69) is 27.8 Å². The summed E-state index contributed by atoms with van der Waals surface area (Å²) in [7, 11) is 0. The molecular weight excluding hydrogens is 412 g/mol. The second kappa shape index (κ2) is 11.6. The van der Waals surface area contributed by atoms with Gasteiger partial charge in [0.1, 0.15) is 6.04 Å². The monoisotopic (exact) mass is 446 g/mol. The summed E-state index contributed by atoms with van der Waals surface area (Å²) in [6.07, 6.45) is 8.50. The first-order chi connectivity index (χ1) is 15.9. The van der Waals surface area contributed by atoms with Crippen LogP contribution in [0.1, 0.15) is 73.0 Å². The maximum absolute atomic E-state index is 12.9. The van der Waals surface area contributed by atoms with Crippen molar-refractivity contribution in [2.75, 3.05) is 0 Å². The standard InChI is InChI=1S/C27H34N4O2/c1-18(2)12-23(15-28)30-27(33)24-6-4-5-7-25(24)31-26(32)22-10-8-20(9-11-22)14-21-13-19(3)16-29-17-21/h8-11,13,16-18,23-25H,4-7,12,14H2,1-3H3,(H,30,33)(H,31,32)/t23-,24+,25-/m0/s1. The third kappa shape index (κ3) is 7.15. The van der Waals surface area contributed by atoms with Crippen molar-refractivity contribution in [1.82, 2.24) is 15.6 Å². The number of aromatic nitrogens is 1. The van der Waals surface area contributed by atoms with Gasteiger partial charge in [-0.05, 0) is 67.3 Å². The highest BCUT2D eigenvalue weighted by atomic mass is 16.2. The van der Waals surface area contributed by atoms with E-state index >= 15 is 0 Å². The number of nitriles is 1. The number of hydrogen-bond acceptors (Lipinski definition) is 4. The third-order valence-electron chi connectivity index (χ3n) is 6.15. The molecule has 0 bridgehead atoms. The Morgan fingerprint density at radius 1 is 1.12 bits per heavy atom. The first-order valence-electron chi connectivity index (χ1n) is 11.9. The van der Waals surface area contributed by atoms with Gasteiger partial charge >= 0.3 is 0 Å². The average molecular weight is 447 g/mol. The molecule has 0 unspecified atom stereocenters. The van der Waals surface area contributed by atoms with Crippen molar-refractivity contribution in [3.8, 4) is 6.07 Å². The number of aryl methyl sites for hydroxylation is 1. The van der Waals surface area contributed by atoms with Gasteiger partial charge in [-0.25, -0.2) is 0 Å². The van der Waals surface area contributed by atoms with Crippen LogP contribution in [0, 0.1) is 30.1 Å². The summed E-state index contributed by atoms with van der Waals surface area (Å²) >= 11 is 0. The van der Waals surface area contributed by atoms with Gasteiger partial charge < -0.3 is 10.6 Å². The first-order valence-corrected chi connectivity index (χ1v) is 11.9. The number of hydrogen-bond donors (Lipinski definition) is 2. The van der Waals surface area contributed by atoms with Crippen LogP contribution in [-0.4, -0.2) is 28.9 Å². The van der Waals surface area contributed by atoms with Crippen LogP contribution in [0.15, 0.2) is 42.7 Å². The first kappa shape index (κ1) is 24.4. The Kier molecular flexibility index (Phi) is 8.59. The maximum atomic E-state index is 12.9. The summed E-state index contributed by atoms with van der Waals surface area (Å²) in [6, 6.07) is 11.2. The zero-order valence-electron chi connectivity index (χ0n) is 19.8. The van der Waals surface area contributed by atoms with Crippen LogP contribution in [0.5, 0.6) is 0 Å². The minimum absolute atomic E-state index is 0.130. The van der Waals surface area contributed by atoms with Gasteiger partial charge in [0.25, 0.3) is 5.91 Å². The van der Waals surface area contributed by atoms with Gasteiger partial charge in [-0.15, -0.1) is 0 Å². The van der Waals surface area contributed by atoms with Crippen molar-refractivity contribution in [1.29, 1.82) is 5.26 Å². The van der Waals surface area contributed by atoms with Crippen LogP contribution in [0.2, 0.25) is 0 Å². The summed E-state index contributed by atoms with van der Waals surface area (Å²) in [5.74, 6) is -0.280. The number of pyridine rings is 1. The van der Waals surface area contributed by atoms with Crippen LogP contribution >= 0.6 is 0 Å². The number of rotatable bonds is 8. The van der Waals surface area contributed by atoms with E-state index in [-0.39, 0.29) is 23.8 Å². The fourth-order valence-corrected chi connectivity index (χ4v) is 4.49. The van der Waals surface area contributed by atoms with Crippen molar-refractivity contribution in [2.45, 2.75) is 71.4 Å². The van der Waals surface area contributed by atoms with E-state index < -0.39 is 6.04 Å². The Bertz CT molecular complexity index is 994. The lowest BCUT2D eigenvalue weighted by Crippen LogP contribution is -2.50. The number of nitrogens with zero attached hydrogens (tertiary/aromatic N) is 2. The summed E-state index contributed by atoms with van der Waals surface area (Å²) < 4.78 is 0. The molecule has 0 radical (unpaired) electrons. The highest BCUT2D eigenvalue weighted by molar-refractivity contribution is 5.95. The van der Waals surface area contributed by atoms with Crippen LogP contribution in [-0.2, 0) is 11.2 Å². The maximum Gasteiger partial charge on any atom is 0.251 e. The molecule has 2 aromatic rings. The fourth-order valence-electron chi connectivity index (χ4n) is 4.49. The molecule has 1 aromatic heterocycles. The lowest BCUT2D eigenvalue weighted by Gasteiger charge is -2.32. The highest BCUT2D eigenvalue weighted by Crippen LogP contribution is 2.25. The summed E-state index contributed by atoms with van der Waals surface area (Å²) in [5, 5.41) is 15.3. The van der Waals surface area contributed by atoms with Crippen LogP contribution in [0.4, 0.5) is 0 Å².